The van der Waals surface area contributed by atoms with Crippen LogP contribution in [0.5, 0.6) is 0 Å². The highest BCUT2D eigenvalue weighted by molar-refractivity contribution is 7.07. The summed E-state index contributed by atoms with van der Waals surface area (Å²) in [7, 11) is 0. The van der Waals surface area contributed by atoms with Crippen molar-refractivity contribution in [3.8, 4) is 0 Å². The molecule has 0 unspecified atom stereocenters. The Labute approximate surface area is 139 Å². The number of thiazole rings is 1. The molecule has 2 atom stereocenters. The van der Waals surface area contributed by atoms with Gasteiger partial charge in [-0.15, -0.1) is 11.3 Å². The molecule has 4 rings (SSSR count). The summed E-state index contributed by atoms with van der Waals surface area (Å²) in [6.45, 7) is 2.07. The third-order valence-electron chi connectivity index (χ3n) is 5.25. The van der Waals surface area contributed by atoms with Crippen LogP contribution in [0.25, 0.3) is 0 Å². The summed E-state index contributed by atoms with van der Waals surface area (Å²) in [5.74, 6) is 0.625. The van der Waals surface area contributed by atoms with Crippen LogP contribution in [0.15, 0.2) is 10.9 Å². The van der Waals surface area contributed by atoms with Crippen molar-refractivity contribution in [1.29, 1.82) is 0 Å². The van der Waals surface area contributed by atoms with Gasteiger partial charge in [-0.25, -0.2) is 4.98 Å². The molecule has 0 spiro atoms. The number of nitrogens with zero attached hydrogens (tertiary/aromatic N) is 3. The molecule has 0 N–H and O–H groups in total. The highest BCUT2D eigenvalue weighted by Crippen LogP contribution is 2.30. The summed E-state index contributed by atoms with van der Waals surface area (Å²) in [6.07, 6.45) is 4.90. The number of aromatic nitrogens is 1. The zero-order valence-electron chi connectivity index (χ0n) is 13.0. The van der Waals surface area contributed by atoms with E-state index in [4.69, 9.17) is 4.74 Å². The Morgan fingerprint density at radius 1 is 1.35 bits per heavy atom. The van der Waals surface area contributed by atoms with Gasteiger partial charge in [-0.05, 0) is 18.8 Å². The minimum Gasteiger partial charge on any atom is -0.364 e. The number of carbonyl (C=O) groups is 2. The molecule has 3 heterocycles. The minimum atomic E-state index is -0.0586. The first-order chi connectivity index (χ1) is 11.2. The maximum absolute atomic E-state index is 12.5. The molecule has 2 aliphatic heterocycles. The molecule has 3 aliphatic rings. The van der Waals surface area contributed by atoms with E-state index < -0.39 is 0 Å². The lowest BCUT2D eigenvalue weighted by atomic mass is 10.0. The van der Waals surface area contributed by atoms with Crippen LogP contribution in [0.4, 0.5) is 0 Å². The highest BCUT2D eigenvalue weighted by Gasteiger charge is 2.45. The van der Waals surface area contributed by atoms with Gasteiger partial charge in [-0.1, -0.05) is 12.8 Å². The lowest BCUT2D eigenvalue weighted by Gasteiger charge is -2.38. The fourth-order valence-electron chi connectivity index (χ4n) is 4.02. The summed E-state index contributed by atoms with van der Waals surface area (Å²) in [5.41, 5.74) is 2.16. The Morgan fingerprint density at radius 3 is 2.91 bits per heavy atom. The van der Waals surface area contributed by atoms with Crippen molar-refractivity contribution in [2.45, 2.75) is 37.8 Å². The van der Waals surface area contributed by atoms with E-state index in [1.165, 1.54) is 37.0 Å². The van der Waals surface area contributed by atoms with Gasteiger partial charge >= 0.3 is 0 Å². The third-order valence-corrected chi connectivity index (χ3v) is 5.83. The van der Waals surface area contributed by atoms with E-state index in [2.05, 4.69) is 4.98 Å². The zero-order valence-corrected chi connectivity index (χ0v) is 13.8. The van der Waals surface area contributed by atoms with Crippen LogP contribution in [-0.2, 0) is 9.53 Å². The van der Waals surface area contributed by atoms with Gasteiger partial charge in [-0.3, -0.25) is 9.59 Å². The van der Waals surface area contributed by atoms with Crippen molar-refractivity contribution in [3.63, 3.8) is 0 Å². The molecule has 0 aromatic carbocycles. The summed E-state index contributed by atoms with van der Waals surface area (Å²) in [4.78, 5) is 32.7. The topological polar surface area (TPSA) is 62.7 Å². The largest absolute Gasteiger partial charge is 0.364 e. The Hall–Kier alpha value is -1.47. The molecule has 2 amide bonds. The van der Waals surface area contributed by atoms with Crippen LogP contribution < -0.4 is 0 Å². The second-order valence-electron chi connectivity index (χ2n) is 6.70. The van der Waals surface area contributed by atoms with E-state index in [-0.39, 0.29) is 30.6 Å². The van der Waals surface area contributed by atoms with Crippen molar-refractivity contribution in [1.82, 2.24) is 14.8 Å². The standard InChI is InChI=1S/C16H21N3O3S/c20-15-8-22-14-7-18(16(21)12-9-23-10-17-12)6-13(14)19(15)5-11-3-1-2-4-11/h9-11,13-14H,1-8H2/t13-,14-/m1/s1. The molecule has 2 saturated heterocycles. The fraction of sp³-hybridized carbons (Fsp3) is 0.688. The average Bonchev–Trinajstić information content (AvgIpc) is 3.30. The molecule has 0 bridgehead atoms. The van der Waals surface area contributed by atoms with Crippen LogP contribution in [0.3, 0.4) is 0 Å². The van der Waals surface area contributed by atoms with Gasteiger partial charge in [0.05, 0.1) is 17.7 Å². The lowest BCUT2D eigenvalue weighted by Crippen LogP contribution is -2.55. The van der Waals surface area contributed by atoms with Crippen LogP contribution >= 0.6 is 11.3 Å². The number of rotatable bonds is 3. The molecule has 0 radical (unpaired) electrons. The van der Waals surface area contributed by atoms with E-state index in [1.807, 2.05) is 4.90 Å². The Kier molecular flexibility index (Phi) is 4.07. The molecular formula is C16H21N3O3S. The van der Waals surface area contributed by atoms with Crippen molar-refractivity contribution < 1.29 is 14.3 Å². The molecule has 6 nitrogen and oxygen atoms in total. The van der Waals surface area contributed by atoms with Crippen molar-refractivity contribution in [2.75, 3.05) is 26.2 Å². The van der Waals surface area contributed by atoms with Crippen molar-refractivity contribution >= 4 is 23.2 Å². The van der Waals surface area contributed by atoms with Gasteiger partial charge in [0.1, 0.15) is 12.3 Å². The number of hydrogen-bond acceptors (Lipinski definition) is 5. The molecule has 124 valence electrons. The quantitative estimate of drug-likeness (QED) is 0.837. The summed E-state index contributed by atoms with van der Waals surface area (Å²) < 4.78 is 5.70. The monoisotopic (exact) mass is 335 g/mol. The number of hydrogen-bond donors (Lipinski definition) is 0. The first-order valence-corrected chi connectivity index (χ1v) is 9.25. The molecule has 7 heteroatoms. The lowest BCUT2D eigenvalue weighted by molar-refractivity contribution is -0.153. The highest BCUT2D eigenvalue weighted by atomic mass is 32.1. The van der Waals surface area contributed by atoms with E-state index in [9.17, 15) is 9.59 Å². The predicted octanol–water partition coefficient (Wildman–Crippen LogP) is 1.39. The van der Waals surface area contributed by atoms with E-state index in [0.29, 0.717) is 24.7 Å². The number of morpholine rings is 1. The first kappa shape index (κ1) is 15.1. The number of amides is 2. The first-order valence-electron chi connectivity index (χ1n) is 8.31. The number of carbonyl (C=O) groups excluding carboxylic acids is 2. The Bertz CT molecular complexity index is 585. The van der Waals surface area contributed by atoms with Crippen LogP contribution in [0, 0.1) is 5.92 Å². The molecule has 1 saturated carbocycles. The number of fused-ring (bicyclic) bond motifs is 1. The summed E-state index contributed by atoms with van der Waals surface area (Å²) in [5, 5.41) is 1.77. The van der Waals surface area contributed by atoms with Gasteiger partial charge in [0.25, 0.3) is 5.91 Å². The maximum atomic E-state index is 12.5. The van der Waals surface area contributed by atoms with E-state index in [1.54, 1.807) is 15.8 Å². The molecule has 1 aromatic rings. The molecule has 23 heavy (non-hydrogen) atoms. The minimum absolute atomic E-state index is 0.000522. The van der Waals surface area contributed by atoms with Gasteiger partial charge < -0.3 is 14.5 Å². The Morgan fingerprint density at radius 2 is 2.17 bits per heavy atom. The maximum Gasteiger partial charge on any atom is 0.273 e. The van der Waals surface area contributed by atoms with Crippen molar-refractivity contribution in [2.24, 2.45) is 5.92 Å². The molecular weight excluding hydrogens is 314 g/mol. The summed E-state index contributed by atoms with van der Waals surface area (Å²) >= 11 is 1.42. The molecule has 1 aromatic heterocycles. The molecule has 3 fully saturated rings. The van der Waals surface area contributed by atoms with Crippen LogP contribution in [-0.4, -0.2) is 65.0 Å². The zero-order chi connectivity index (χ0) is 15.8. The van der Waals surface area contributed by atoms with Gasteiger partial charge in [0.15, 0.2) is 0 Å². The second kappa shape index (κ2) is 6.20. The van der Waals surface area contributed by atoms with Crippen LogP contribution in [0.2, 0.25) is 0 Å². The van der Waals surface area contributed by atoms with E-state index >= 15 is 0 Å². The predicted molar refractivity (Wildman–Crippen MR) is 85.2 cm³/mol. The molecule has 1 aliphatic carbocycles. The smallest absolute Gasteiger partial charge is 0.273 e. The fourth-order valence-corrected chi connectivity index (χ4v) is 4.55. The number of ether oxygens (including phenoxy) is 1. The third kappa shape index (κ3) is 2.87. The van der Waals surface area contributed by atoms with E-state index in [0.717, 1.165) is 6.54 Å². The van der Waals surface area contributed by atoms with Gasteiger partial charge in [-0.2, -0.15) is 0 Å². The van der Waals surface area contributed by atoms with Gasteiger partial charge in [0, 0.05) is 25.0 Å². The Balaban J connectivity index is 1.47. The van der Waals surface area contributed by atoms with Crippen molar-refractivity contribution in [3.05, 3.63) is 16.6 Å². The SMILES string of the molecule is O=C(c1cscn1)N1C[C@@H]2[C@@H](C1)OCC(=O)N2CC1CCCC1. The average molecular weight is 335 g/mol. The summed E-state index contributed by atoms with van der Waals surface area (Å²) in [6, 6.07) is -0.000522. The normalized spacial score (nSPS) is 28.4. The van der Waals surface area contributed by atoms with Gasteiger partial charge in [0.2, 0.25) is 5.91 Å². The van der Waals surface area contributed by atoms with Crippen LogP contribution in [0.1, 0.15) is 36.2 Å². The number of likely N-dealkylation sites (tertiary alicyclic amines) is 1. The second-order valence-corrected chi connectivity index (χ2v) is 7.42.